The van der Waals surface area contributed by atoms with Crippen molar-refractivity contribution in [2.45, 2.75) is 19.6 Å². The van der Waals surface area contributed by atoms with Gasteiger partial charge in [-0.05, 0) is 25.1 Å². The Balaban J connectivity index is 1.69. The number of alkyl halides is 3. The molecule has 0 atom stereocenters. The van der Waals surface area contributed by atoms with E-state index >= 15 is 0 Å². The highest BCUT2D eigenvalue weighted by Crippen LogP contribution is 2.33. The van der Waals surface area contributed by atoms with Crippen molar-refractivity contribution in [2.24, 2.45) is 0 Å². The fourth-order valence-corrected chi connectivity index (χ4v) is 2.91. The van der Waals surface area contributed by atoms with Gasteiger partial charge in [0.05, 0.1) is 11.4 Å². The van der Waals surface area contributed by atoms with Crippen LogP contribution in [0.5, 0.6) is 0 Å². The van der Waals surface area contributed by atoms with Crippen LogP contribution in [0.15, 0.2) is 60.9 Å². The first-order valence-corrected chi connectivity index (χ1v) is 8.15. The number of halogens is 3. The fraction of sp³-hybridized carbons (Fsp3) is 0.158. The van der Waals surface area contributed by atoms with E-state index in [4.69, 9.17) is 0 Å². The molecule has 0 radical (unpaired) electrons. The van der Waals surface area contributed by atoms with Crippen molar-refractivity contribution in [2.75, 3.05) is 0 Å². The summed E-state index contributed by atoms with van der Waals surface area (Å²) >= 11 is 0. The summed E-state index contributed by atoms with van der Waals surface area (Å²) in [5.74, 6) is 0. The summed E-state index contributed by atoms with van der Waals surface area (Å²) in [6, 6.07) is 14.0. The maximum absolute atomic E-state index is 13.1. The predicted octanol–water partition coefficient (Wildman–Crippen LogP) is 4.90. The lowest BCUT2D eigenvalue weighted by atomic mass is 10.1. The third-order valence-corrected chi connectivity index (χ3v) is 4.21. The summed E-state index contributed by atoms with van der Waals surface area (Å²) in [7, 11) is 0. The summed E-state index contributed by atoms with van der Waals surface area (Å²) < 4.78 is 42.1. The third-order valence-electron chi connectivity index (χ3n) is 4.21. The largest absolute Gasteiger partial charge is 0.433 e. The standard InChI is InChI=1S/C19H15F3N4/c1-2-26-17(19(20,21)22)11-15(24-26)13-6-8-14(9-7-13)16-12-25-10-4-3-5-18(25)23-16/h3-12H,2H2,1H3. The van der Waals surface area contributed by atoms with E-state index in [-0.39, 0.29) is 6.54 Å². The van der Waals surface area contributed by atoms with E-state index in [1.54, 1.807) is 19.1 Å². The number of pyridine rings is 1. The van der Waals surface area contributed by atoms with Crippen molar-refractivity contribution in [1.29, 1.82) is 0 Å². The smallest absolute Gasteiger partial charge is 0.306 e. The highest BCUT2D eigenvalue weighted by atomic mass is 19.4. The molecule has 0 unspecified atom stereocenters. The Morgan fingerprint density at radius 3 is 2.23 bits per heavy atom. The van der Waals surface area contributed by atoms with Crippen LogP contribution in [0.3, 0.4) is 0 Å². The first-order chi connectivity index (χ1) is 12.5. The van der Waals surface area contributed by atoms with E-state index in [1.807, 2.05) is 47.1 Å². The van der Waals surface area contributed by atoms with Crippen LogP contribution in [0.25, 0.3) is 28.2 Å². The SMILES string of the molecule is CCn1nc(-c2ccc(-c3cn4ccccc4n3)cc2)cc1C(F)(F)F. The molecule has 4 aromatic rings. The van der Waals surface area contributed by atoms with E-state index in [0.29, 0.717) is 11.3 Å². The lowest BCUT2D eigenvalue weighted by Gasteiger charge is -2.07. The molecule has 4 rings (SSSR count). The lowest BCUT2D eigenvalue weighted by Crippen LogP contribution is -2.13. The van der Waals surface area contributed by atoms with E-state index in [9.17, 15) is 13.2 Å². The van der Waals surface area contributed by atoms with Crippen LogP contribution in [0.1, 0.15) is 12.6 Å². The average Bonchev–Trinajstić information content (AvgIpc) is 3.25. The minimum Gasteiger partial charge on any atom is -0.306 e. The van der Waals surface area contributed by atoms with Crippen LogP contribution in [-0.2, 0) is 12.7 Å². The van der Waals surface area contributed by atoms with Crippen LogP contribution in [0, 0.1) is 0 Å². The fourth-order valence-electron chi connectivity index (χ4n) is 2.91. The summed E-state index contributed by atoms with van der Waals surface area (Å²) in [5.41, 5.74) is 2.74. The number of aryl methyl sites for hydroxylation is 1. The summed E-state index contributed by atoms with van der Waals surface area (Å²) in [5, 5.41) is 4.08. The number of nitrogens with zero attached hydrogens (tertiary/aromatic N) is 4. The number of fused-ring (bicyclic) bond motifs is 1. The van der Waals surface area contributed by atoms with Gasteiger partial charge in [0, 0.05) is 30.1 Å². The summed E-state index contributed by atoms with van der Waals surface area (Å²) in [6.07, 6.45) is -0.591. The number of aromatic nitrogens is 4. The van der Waals surface area contributed by atoms with Gasteiger partial charge < -0.3 is 4.40 Å². The van der Waals surface area contributed by atoms with Crippen LogP contribution in [-0.4, -0.2) is 19.2 Å². The predicted molar refractivity (Wildman–Crippen MR) is 92.5 cm³/mol. The Morgan fingerprint density at radius 2 is 1.65 bits per heavy atom. The van der Waals surface area contributed by atoms with Gasteiger partial charge in [0.25, 0.3) is 0 Å². The van der Waals surface area contributed by atoms with E-state index in [2.05, 4.69) is 10.1 Å². The second kappa shape index (κ2) is 6.01. The molecule has 0 saturated heterocycles. The van der Waals surface area contributed by atoms with Gasteiger partial charge in [0.1, 0.15) is 11.3 Å². The Bertz CT molecular complexity index is 1030. The van der Waals surface area contributed by atoms with Crippen molar-refractivity contribution in [3.63, 3.8) is 0 Å². The Hall–Kier alpha value is -3.09. The minimum absolute atomic E-state index is 0.161. The number of benzene rings is 1. The van der Waals surface area contributed by atoms with E-state index in [1.165, 1.54) is 0 Å². The summed E-state index contributed by atoms with van der Waals surface area (Å²) in [6.45, 7) is 1.80. The molecule has 0 N–H and O–H groups in total. The molecule has 0 bridgehead atoms. The summed E-state index contributed by atoms with van der Waals surface area (Å²) in [4.78, 5) is 4.54. The molecule has 0 fully saturated rings. The number of hydrogen-bond donors (Lipinski definition) is 0. The quantitative estimate of drug-likeness (QED) is 0.523. The van der Waals surface area contributed by atoms with Crippen LogP contribution in [0.4, 0.5) is 13.2 Å². The molecule has 26 heavy (non-hydrogen) atoms. The van der Waals surface area contributed by atoms with Crippen molar-refractivity contribution < 1.29 is 13.2 Å². The monoisotopic (exact) mass is 356 g/mol. The molecule has 0 aliphatic carbocycles. The number of hydrogen-bond acceptors (Lipinski definition) is 2. The molecular formula is C19H15F3N4. The normalized spacial score (nSPS) is 12.0. The topological polar surface area (TPSA) is 35.1 Å². The Labute approximate surface area is 147 Å². The Morgan fingerprint density at radius 1 is 0.962 bits per heavy atom. The van der Waals surface area contributed by atoms with Gasteiger partial charge in [-0.1, -0.05) is 30.3 Å². The van der Waals surface area contributed by atoms with Gasteiger partial charge >= 0.3 is 6.18 Å². The van der Waals surface area contributed by atoms with Gasteiger partial charge in [0.2, 0.25) is 0 Å². The minimum atomic E-state index is -4.42. The van der Waals surface area contributed by atoms with Gasteiger partial charge in [-0.25, -0.2) is 4.98 Å². The van der Waals surface area contributed by atoms with Crippen LogP contribution < -0.4 is 0 Å². The number of rotatable bonds is 3. The second-order valence-electron chi connectivity index (χ2n) is 5.90. The molecule has 0 aliphatic heterocycles. The van der Waals surface area contributed by atoms with Gasteiger partial charge in [-0.2, -0.15) is 18.3 Å². The highest BCUT2D eigenvalue weighted by Gasteiger charge is 2.35. The van der Waals surface area contributed by atoms with Crippen LogP contribution in [0.2, 0.25) is 0 Å². The molecule has 3 heterocycles. The maximum Gasteiger partial charge on any atom is 0.433 e. The van der Waals surface area contributed by atoms with E-state index in [0.717, 1.165) is 27.7 Å². The van der Waals surface area contributed by atoms with E-state index < -0.39 is 11.9 Å². The molecule has 0 aliphatic rings. The molecule has 1 aromatic carbocycles. The van der Waals surface area contributed by atoms with Crippen molar-refractivity contribution in [3.8, 4) is 22.5 Å². The van der Waals surface area contributed by atoms with Gasteiger partial charge in [-0.3, -0.25) is 4.68 Å². The maximum atomic E-state index is 13.1. The molecule has 0 spiro atoms. The second-order valence-corrected chi connectivity index (χ2v) is 5.90. The Kier molecular flexibility index (Phi) is 3.79. The van der Waals surface area contributed by atoms with Gasteiger partial charge in [0.15, 0.2) is 0 Å². The first-order valence-electron chi connectivity index (χ1n) is 8.15. The number of imidazole rings is 1. The molecule has 0 saturated carbocycles. The third kappa shape index (κ3) is 2.85. The molecular weight excluding hydrogens is 341 g/mol. The molecule has 4 nitrogen and oxygen atoms in total. The average molecular weight is 356 g/mol. The van der Waals surface area contributed by atoms with Gasteiger partial charge in [-0.15, -0.1) is 0 Å². The molecule has 0 amide bonds. The molecule has 3 aromatic heterocycles. The zero-order chi connectivity index (χ0) is 18.3. The van der Waals surface area contributed by atoms with Crippen molar-refractivity contribution in [3.05, 3.63) is 66.6 Å². The first kappa shape index (κ1) is 16.4. The lowest BCUT2D eigenvalue weighted by molar-refractivity contribution is -0.144. The molecule has 7 heteroatoms. The van der Waals surface area contributed by atoms with Crippen molar-refractivity contribution >= 4 is 5.65 Å². The van der Waals surface area contributed by atoms with Crippen molar-refractivity contribution in [1.82, 2.24) is 19.2 Å². The zero-order valence-electron chi connectivity index (χ0n) is 13.9. The van der Waals surface area contributed by atoms with Crippen LogP contribution >= 0.6 is 0 Å². The molecule has 132 valence electrons. The highest BCUT2D eigenvalue weighted by molar-refractivity contribution is 5.68. The zero-order valence-corrected chi connectivity index (χ0v) is 13.9.